The van der Waals surface area contributed by atoms with E-state index in [0.717, 1.165) is 41.9 Å². The lowest BCUT2D eigenvalue weighted by molar-refractivity contribution is 0.219. The number of hydrogen-bond donors (Lipinski definition) is 1. The van der Waals surface area contributed by atoms with E-state index in [-0.39, 0.29) is 0 Å². The van der Waals surface area contributed by atoms with Crippen molar-refractivity contribution in [2.24, 2.45) is 0 Å². The van der Waals surface area contributed by atoms with Gasteiger partial charge in [-0.2, -0.15) is 0 Å². The Labute approximate surface area is 127 Å². The molecule has 2 aromatic rings. The van der Waals surface area contributed by atoms with E-state index in [9.17, 15) is 5.11 Å². The Morgan fingerprint density at radius 2 is 1.76 bits per heavy atom. The highest BCUT2D eigenvalue weighted by molar-refractivity contribution is 5.39. The van der Waals surface area contributed by atoms with Crippen LogP contribution < -0.4 is 4.74 Å². The molecule has 0 aliphatic carbocycles. The number of aliphatic hydroxyl groups is 1. The van der Waals surface area contributed by atoms with E-state index < -0.39 is 6.10 Å². The second kappa shape index (κ2) is 7.28. The van der Waals surface area contributed by atoms with E-state index in [2.05, 4.69) is 19.9 Å². The first-order chi connectivity index (χ1) is 10.1. The fraction of sp³-hybridized carbons (Fsp3) is 0.368. The summed E-state index contributed by atoms with van der Waals surface area (Å²) in [5, 5.41) is 10.5. The summed E-state index contributed by atoms with van der Waals surface area (Å²) in [6, 6.07) is 13.9. The number of aliphatic hydroxyl groups excluding tert-OH is 1. The van der Waals surface area contributed by atoms with Crippen molar-refractivity contribution in [2.45, 2.75) is 39.7 Å². The first-order valence-corrected chi connectivity index (χ1v) is 7.59. The van der Waals surface area contributed by atoms with Gasteiger partial charge in [-0.3, -0.25) is 0 Å². The Hall–Kier alpha value is -1.80. The molecule has 112 valence electrons. The fourth-order valence-electron chi connectivity index (χ4n) is 2.39. The monoisotopic (exact) mass is 284 g/mol. The summed E-state index contributed by atoms with van der Waals surface area (Å²) in [6.07, 6.45) is 1.60. The van der Waals surface area contributed by atoms with Gasteiger partial charge in [-0.15, -0.1) is 0 Å². The van der Waals surface area contributed by atoms with Crippen molar-refractivity contribution < 1.29 is 9.84 Å². The van der Waals surface area contributed by atoms with Crippen LogP contribution in [0.3, 0.4) is 0 Å². The molecule has 0 saturated carbocycles. The molecule has 2 heteroatoms. The van der Waals surface area contributed by atoms with Crippen LogP contribution in [-0.4, -0.2) is 11.7 Å². The predicted octanol–water partition coefficient (Wildman–Crippen LogP) is 4.56. The van der Waals surface area contributed by atoms with Crippen LogP contribution in [0.15, 0.2) is 42.5 Å². The van der Waals surface area contributed by atoms with Gasteiger partial charge in [0.15, 0.2) is 0 Å². The highest BCUT2D eigenvalue weighted by Gasteiger charge is 2.12. The second-order valence-corrected chi connectivity index (χ2v) is 5.53. The topological polar surface area (TPSA) is 29.5 Å². The van der Waals surface area contributed by atoms with Crippen LogP contribution in [0.1, 0.15) is 48.1 Å². The van der Waals surface area contributed by atoms with Crippen LogP contribution in [0.25, 0.3) is 0 Å². The lowest BCUT2D eigenvalue weighted by atomic mass is 9.96. The van der Waals surface area contributed by atoms with Gasteiger partial charge in [0.1, 0.15) is 11.9 Å². The summed E-state index contributed by atoms with van der Waals surface area (Å²) in [6.45, 7) is 6.99. The van der Waals surface area contributed by atoms with E-state index >= 15 is 0 Å². The number of benzene rings is 2. The molecule has 1 N–H and O–H groups in total. The van der Waals surface area contributed by atoms with E-state index in [0.29, 0.717) is 0 Å². The number of unbranched alkanes of at least 4 members (excludes halogenated alkanes) is 1. The number of hydrogen-bond acceptors (Lipinski definition) is 2. The van der Waals surface area contributed by atoms with Gasteiger partial charge in [-0.25, -0.2) is 0 Å². The zero-order chi connectivity index (χ0) is 15.2. The normalized spacial score (nSPS) is 12.2. The summed E-state index contributed by atoms with van der Waals surface area (Å²) in [5.74, 6) is 0.861. The highest BCUT2D eigenvalue weighted by Crippen LogP contribution is 2.26. The Balaban J connectivity index is 2.10. The lowest BCUT2D eigenvalue weighted by Crippen LogP contribution is -2.03. The van der Waals surface area contributed by atoms with Crippen LogP contribution in [-0.2, 0) is 0 Å². The van der Waals surface area contributed by atoms with Gasteiger partial charge >= 0.3 is 0 Å². The SMILES string of the molecule is CCCCOc1ccc(C(O)c2ccc(C)cc2C)cc1. The van der Waals surface area contributed by atoms with Crippen LogP contribution in [0.5, 0.6) is 5.75 Å². The van der Waals surface area contributed by atoms with Gasteiger partial charge in [-0.05, 0) is 49.1 Å². The van der Waals surface area contributed by atoms with Crippen LogP contribution in [0.2, 0.25) is 0 Å². The molecular weight excluding hydrogens is 260 g/mol. The molecule has 0 amide bonds. The molecular formula is C19H24O2. The van der Waals surface area contributed by atoms with Gasteiger partial charge < -0.3 is 9.84 Å². The van der Waals surface area contributed by atoms with Crippen molar-refractivity contribution in [3.8, 4) is 5.75 Å². The molecule has 0 bridgehead atoms. The molecule has 2 nitrogen and oxygen atoms in total. The molecule has 0 fully saturated rings. The van der Waals surface area contributed by atoms with Crippen molar-refractivity contribution in [1.82, 2.24) is 0 Å². The van der Waals surface area contributed by atoms with Gasteiger partial charge in [0.2, 0.25) is 0 Å². The second-order valence-electron chi connectivity index (χ2n) is 5.53. The summed E-state index contributed by atoms with van der Waals surface area (Å²) in [7, 11) is 0. The molecule has 1 atom stereocenters. The molecule has 0 aliphatic rings. The van der Waals surface area contributed by atoms with Crippen molar-refractivity contribution in [2.75, 3.05) is 6.61 Å². The summed E-state index contributed by atoms with van der Waals surface area (Å²) < 4.78 is 5.64. The maximum atomic E-state index is 10.5. The standard InChI is InChI=1S/C19H24O2/c1-4-5-12-21-17-9-7-16(8-10-17)19(20)18-11-6-14(2)13-15(18)3/h6-11,13,19-20H,4-5,12H2,1-3H3. The van der Waals surface area contributed by atoms with Gasteiger partial charge in [0.05, 0.1) is 6.61 Å². The van der Waals surface area contributed by atoms with E-state index in [1.54, 1.807) is 0 Å². The minimum absolute atomic E-state index is 0.588. The molecule has 2 rings (SSSR count). The lowest BCUT2D eigenvalue weighted by Gasteiger charge is -2.15. The first kappa shape index (κ1) is 15.6. The van der Waals surface area contributed by atoms with Crippen LogP contribution in [0, 0.1) is 13.8 Å². The Morgan fingerprint density at radius 3 is 2.38 bits per heavy atom. The predicted molar refractivity (Wildman–Crippen MR) is 86.8 cm³/mol. The summed E-state index contributed by atoms with van der Waals surface area (Å²) in [4.78, 5) is 0. The average Bonchev–Trinajstić information content (AvgIpc) is 2.48. The smallest absolute Gasteiger partial charge is 0.119 e. The average molecular weight is 284 g/mol. The van der Waals surface area contributed by atoms with Crippen molar-refractivity contribution >= 4 is 0 Å². The third kappa shape index (κ3) is 4.08. The Morgan fingerprint density at radius 1 is 1.05 bits per heavy atom. The summed E-state index contributed by atoms with van der Waals surface area (Å²) >= 11 is 0. The maximum absolute atomic E-state index is 10.5. The van der Waals surface area contributed by atoms with Gasteiger partial charge in [0.25, 0.3) is 0 Å². The molecule has 0 saturated heterocycles. The minimum Gasteiger partial charge on any atom is -0.494 e. The third-order valence-corrected chi connectivity index (χ3v) is 3.68. The van der Waals surface area contributed by atoms with Crippen molar-refractivity contribution in [3.63, 3.8) is 0 Å². The molecule has 1 unspecified atom stereocenters. The zero-order valence-corrected chi connectivity index (χ0v) is 13.1. The Kier molecular flexibility index (Phi) is 5.40. The van der Waals surface area contributed by atoms with Gasteiger partial charge in [-0.1, -0.05) is 49.2 Å². The van der Waals surface area contributed by atoms with Crippen molar-refractivity contribution in [3.05, 3.63) is 64.7 Å². The maximum Gasteiger partial charge on any atom is 0.119 e. The van der Waals surface area contributed by atoms with Crippen LogP contribution >= 0.6 is 0 Å². The first-order valence-electron chi connectivity index (χ1n) is 7.59. The third-order valence-electron chi connectivity index (χ3n) is 3.68. The van der Waals surface area contributed by atoms with E-state index in [4.69, 9.17) is 4.74 Å². The van der Waals surface area contributed by atoms with Crippen molar-refractivity contribution in [1.29, 1.82) is 0 Å². The largest absolute Gasteiger partial charge is 0.494 e. The minimum atomic E-state index is -0.588. The fourth-order valence-corrected chi connectivity index (χ4v) is 2.39. The molecule has 0 spiro atoms. The number of aryl methyl sites for hydroxylation is 2. The molecule has 2 aromatic carbocycles. The van der Waals surface area contributed by atoms with Gasteiger partial charge in [0, 0.05) is 0 Å². The van der Waals surface area contributed by atoms with E-state index in [1.807, 2.05) is 43.3 Å². The van der Waals surface area contributed by atoms with Crippen LogP contribution in [0.4, 0.5) is 0 Å². The Bertz CT molecular complexity index is 573. The molecule has 0 aliphatic heterocycles. The number of rotatable bonds is 6. The number of ether oxygens (including phenoxy) is 1. The molecule has 0 aromatic heterocycles. The van der Waals surface area contributed by atoms with E-state index in [1.165, 1.54) is 5.56 Å². The quantitative estimate of drug-likeness (QED) is 0.788. The summed E-state index contributed by atoms with van der Waals surface area (Å²) in [5.41, 5.74) is 4.18. The molecule has 21 heavy (non-hydrogen) atoms. The highest BCUT2D eigenvalue weighted by atomic mass is 16.5. The molecule has 0 radical (unpaired) electrons. The molecule has 0 heterocycles. The zero-order valence-electron chi connectivity index (χ0n) is 13.1.